The molecule has 1 aromatic heterocycles. The molecule has 0 fully saturated rings. The molecule has 0 bridgehead atoms. The summed E-state index contributed by atoms with van der Waals surface area (Å²) >= 11 is 0. The van der Waals surface area contributed by atoms with E-state index in [-0.39, 0.29) is 0 Å². The van der Waals surface area contributed by atoms with Crippen molar-refractivity contribution in [2.45, 2.75) is 6.61 Å². The molecule has 2 N–H and O–H groups in total. The quantitative estimate of drug-likeness (QED) is 0.725. The fourth-order valence-electron chi connectivity index (χ4n) is 2.05. The molecule has 0 amide bonds. The van der Waals surface area contributed by atoms with Gasteiger partial charge in [0.15, 0.2) is 0 Å². The Balaban J connectivity index is 1.88. The average Bonchev–Trinajstić information content (AvgIpc) is 2.46. The van der Waals surface area contributed by atoms with Gasteiger partial charge >= 0.3 is 0 Å². The smallest absolute Gasteiger partial charge is 0.142 e. The van der Waals surface area contributed by atoms with Crippen LogP contribution in [0.2, 0.25) is 0 Å². The number of nitrogens with zero attached hydrogens (tertiary/aromatic N) is 1. The number of para-hydroxylation sites is 3. The summed E-state index contributed by atoms with van der Waals surface area (Å²) in [6.45, 7) is 0.483. The van der Waals surface area contributed by atoms with Crippen LogP contribution in [0.15, 0.2) is 60.8 Å². The normalized spacial score (nSPS) is 10.5. The van der Waals surface area contributed by atoms with Gasteiger partial charge in [-0.2, -0.15) is 0 Å². The van der Waals surface area contributed by atoms with Crippen LogP contribution in [-0.4, -0.2) is 4.98 Å². The zero-order valence-corrected chi connectivity index (χ0v) is 10.4. The van der Waals surface area contributed by atoms with Gasteiger partial charge in [-0.3, -0.25) is 4.98 Å². The summed E-state index contributed by atoms with van der Waals surface area (Å²) in [4.78, 5) is 4.33. The number of hydrogen-bond donors (Lipinski definition) is 1. The van der Waals surface area contributed by atoms with Crippen molar-refractivity contribution < 1.29 is 4.74 Å². The van der Waals surface area contributed by atoms with Crippen LogP contribution in [-0.2, 0) is 6.61 Å². The van der Waals surface area contributed by atoms with E-state index in [0.29, 0.717) is 18.0 Å². The minimum atomic E-state index is 0.483. The topological polar surface area (TPSA) is 48.1 Å². The fraction of sp³-hybridized carbons (Fsp3) is 0.0625. The molecular formula is C16H14N2O. The van der Waals surface area contributed by atoms with E-state index >= 15 is 0 Å². The van der Waals surface area contributed by atoms with Gasteiger partial charge in [-0.1, -0.05) is 30.3 Å². The summed E-state index contributed by atoms with van der Waals surface area (Å²) in [5.74, 6) is 0.711. The largest absolute Gasteiger partial charge is 0.487 e. The minimum absolute atomic E-state index is 0.483. The lowest BCUT2D eigenvalue weighted by Gasteiger charge is -2.10. The molecule has 0 spiro atoms. The Morgan fingerprint density at radius 2 is 1.74 bits per heavy atom. The number of fused-ring (bicyclic) bond motifs is 1. The highest BCUT2D eigenvalue weighted by Gasteiger charge is 2.03. The highest BCUT2D eigenvalue weighted by molar-refractivity contribution is 5.81. The number of nitrogens with two attached hydrogens (primary N) is 1. The van der Waals surface area contributed by atoms with Crippen molar-refractivity contribution in [3.05, 3.63) is 66.4 Å². The van der Waals surface area contributed by atoms with Gasteiger partial charge in [0, 0.05) is 17.1 Å². The monoisotopic (exact) mass is 250 g/mol. The van der Waals surface area contributed by atoms with E-state index in [0.717, 1.165) is 16.5 Å². The summed E-state index contributed by atoms with van der Waals surface area (Å²) in [7, 11) is 0. The van der Waals surface area contributed by atoms with Crippen molar-refractivity contribution in [3.8, 4) is 5.75 Å². The van der Waals surface area contributed by atoms with Gasteiger partial charge in [-0.15, -0.1) is 0 Å². The Morgan fingerprint density at radius 3 is 2.63 bits per heavy atom. The number of hydrogen-bond acceptors (Lipinski definition) is 3. The lowest BCUT2D eigenvalue weighted by molar-refractivity contribution is 0.309. The molecule has 0 aliphatic rings. The van der Waals surface area contributed by atoms with Gasteiger partial charge in [0.2, 0.25) is 0 Å². The Hall–Kier alpha value is -2.55. The minimum Gasteiger partial charge on any atom is -0.487 e. The SMILES string of the molecule is Nc1ccccc1OCc1ccnc2ccccc12. The molecule has 3 heteroatoms. The Labute approximate surface area is 111 Å². The van der Waals surface area contributed by atoms with Crippen LogP contribution < -0.4 is 10.5 Å². The highest BCUT2D eigenvalue weighted by atomic mass is 16.5. The Morgan fingerprint density at radius 1 is 0.947 bits per heavy atom. The predicted octanol–water partition coefficient (Wildman–Crippen LogP) is 3.40. The van der Waals surface area contributed by atoms with Gasteiger partial charge in [-0.05, 0) is 24.3 Å². The molecule has 3 aromatic rings. The standard InChI is InChI=1S/C16H14N2O/c17-14-6-2-4-8-16(14)19-11-12-9-10-18-15-7-3-1-5-13(12)15/h1-10H,11,17H2. The molecule has 2 aromatic carbocycles. The molecular weight excluding hydrogens is 236 g/mol. The van der Waals surface area contributed by atoms with E-state index in [9.17, 15) is 0 Å². The second-order valence-corrected chi connectivity index (χ2v) is 4.31. The first-order valence-electron chi connectivity index (χ1n) is 6.14. The molecule has 94 valence electrons. The second-order valence-electron chi connectivity index (χ2n) is 4.31. The molecule has 0 unspecified atom stereocenters. The van der Waals surface area contributed by atoms with Crippen LogP contribution in [0.1, 0.15) is 5.56 Å². The van der Waals surface area contributed by atoms with E-state index in [1.807, 2.05) is 48.5 Å². The van der Waals surface area contributed by atoms with Crippen molar-refractivity contribution in [3.63, 3.8) is 0 Å². The number of nitrogen functional groups attached to an aromatic ring is 1. The molecule has 3 nitrogen and oxygen atoms in total. The molecule has 1 heterocycles. The first kappa shape index (κ1) is 11.5. The Kier molecular flexibility index (Phi) is 3.02. The lowest BCUT2D eigenvalue weighted by Crippen LogP contribution is -1.99. The third-order valence-corrected chi connectivity index (χ3v) is 3.04. The van der Waals surface area contributed by atoms with Crippen LogP contribution in [0, 0.1) is 0 Å². The fourth-order valence-corrected chi connectivity index (χ4v) is 2.05. The number of anilines is 1. The van der Waals surface area contributed by atoms with Crippen LogP contribution in [0.5, 0.6) is 5.75 Å². The number of aromatic nitrogens is 1. The van der Waals surface area contributed by atoms with Gasteiger partial charge in [0.05, 0.1) is 11.2 Å². The van der Waals surface area contributed by atoms with Gasteiger partial charge in [0.1, 0.15) is 12.4 Å². The first-order valence-corrected chi connectivity index (χ1v) is 6.14. The van der Waals surface area contributed by atoms with Crippen molar-refractivity contribution in [2.75, 3.05) is 5.73 Å². The lowest BCUT2D eigenvalue weighted by atomic mass is 10.1. The number of benzene rings is 2. The molecule has 0 aliphatic carbocycles. The zero-order valence-electron chi connectivity index (χ0n) is 10.4. The molecule has 19 heavy (non-hydrogen) atoms. The molecule has 0 saturated carbocycles. The number of ether oxygens (including phenoxy) is 1. The van der Waals surface area contributed by atoms with Crippen LogP contribution in [0.4, 0.5) is 5.69 Å². The third-order valence-electron chi connectivity index (χ3n) is 3.04. The van der Waals surface area contributed by atoms with E-state index in [1.54, 1.807) is 6.20 Å². The molecule has 3 rings (SSSR count). The molecule has 0 saturated heterocycles. The van der Waals surface area contributed by atoms with E-state index < -0.39 is 0 Å². The van der Waals surface area contributed by atoms with E-state index in [4.69, 9.17) is 10.5 Å². The number of pyridine rings is 1. The van der Waals surface area contributed by atoms with Crippen LogP contribution in [0.25, 0.3) is 10.9 Å². The third kappa shape index (κ3) is 2.36. The van der Waals surface area contributed by atoms with Crippen molar-refractivity contribution in [2.24, 2.45) is 0 Å². The molecule has 0 atom stereocenters. The van der Waals surface area contributed by atoms with Gasteiger partial charge in [-0.25, -0.2) is 0 Å². The summed E-state index contributed by atoms with van der Waals surface area (Å²) in [6, 6.07) is 17.5. The zero-order chi connectivity index (χ0) is 13.1. The van der Waals surface area contributed by atoms with Crippen molar-refractivity contribution in [1.29, 1.82) is 0 Å². The van der Waals surface area contributed by atoms with Crippen molar-refractivity contribution in [1.82, 2.24) is 4.98 Å². The summed E-state index contributed by atoms with van der Waals surface area (Å²) in [5, 5.41) is 1.11. The van der Waals surface area contributed by atoms with Crippen LogP contribution >= 0.6 is 0 Å². The van der Waals surface area contributed by atoms with Gasteiger partial charge in [0.25, 0.3) is 0 Å². The van der Waals surface area contributed by atoms with Crippen molar-refractivity contribution >= 4 is 16.6 Å². The van der Waals surface area contributed by atoms with Crippen LogP contribution in [0.3, 0.4) is 0 Å². The highest BCUT2D eigenvalue weighted by Crippen LogP contribution is 2.23. The molecule has 0 aliphatic heterocycles. The number of rotatable bonds is 3. The maximum atomic E-state index is 5.86. The molecule has 0 radical (unpaired) electrons. The maximum absolute atomic E-state index is 5.86. The second kappa shape index (κ2) is 4.98. The summed E-state index contributed by atoms with van der Waals surface area (Å²) < 4.78 is 5.78. The van der Waals surface area contributed by atoms with Gasteiger partial charge < -0.3 is 10.5 Å². The average molecular weight is 250 g/mol. The Bertz CT molecular complexity index is 704. The van der Waals surface area contributed by atoms with E-state index in [2.05, 4.69) is 11.1 Å². The first-order chi connectivity index (χ1) is 9.34. The summed E-state index contributed by atoms with van der Waals surface area (Å²) in [5.41, 5.74) is 8.60. The van der Waals surface area contributed by atoms with E-state index in [1.165, 1.54) is 0 Å². The predicted molar refractivity (Wildman–Crippen MR) is 76.9 cm³/mol. The maximum Gasteiger partial charge on any atom is 0.142 e. The summed E-state index contributed by atoms with van der Waals surface area (Å²) in [6.07, 6.45) is 1.80.